The SMILES string of the molecule is COc1cc(/C=C/CBr)cc(OCC(=O)[O-])c1. The number of alkyl halides is 1. The monoisotopic (exact) mass is 299 g/mol. The Morgan fingerprint density at radius 3 is 2.71 bits per heavy atom. The number of methoxy groups -OCH3 is 1. The van der Waals surface area contributed by atoms with Crippen LogP contribution in [0.15, 0.2) is 24.3 Å². The van der Waals surface area contributed by atoms with E-state index < -0.39 is 12.6 Å². The summed E-state index contributed by atoms with van der Waals surface area (Å²) < 4.78 is 10.1. The van der Waals surface area contributed by atoms with E-state index in [9.17, 15) is 9.90 Å². The van der Waals surface area contributed by atoms with E-state index in [1.165, 1.54) is 7.11 Å². The molecule has 0 saturated heterocycles. The van der Waals surface area contributed by atoms with Crippen molar-refractivity contribution in [2.24, 2.45) is 0 Å². The van der Waals surface area contributed by atoms with Gasteiger partial charge in [0.25, 0.3) is 0 Å². The maximum atomic E-state index is 10.3. The Morgan fingerprint density at radius 2 is 2.12 bits per heavy atom. The molecule has 0 atom stereocenters. The predicted octanol–water partition coefficient (Wildman–Crippen LogP) is 1.23. The van der Waals surface area contributed by atoms with Gasteiger partial charge in [-0.2, -0.15) is 0 Å². The Labute approximate surface area is 108 Å². The molecule has 0 aliphatic rings. The van der Waals surface area contributed by atoms with Crippen molar-refractivity contribution in [1.29, 1.82) is 0 Å². The van der Waals surface area contributed by atoms with Crippen molar-refractivity contribution < 1.29 is 19.4 Å². The van der Waals surface area contributed by atoms with Crippen molar-refractivity contribution in [3.05, 3.63) is 29.8 Å². The van der Waals surface area contributed by atoms with Crippen LogP contribution < -0.4 is 14.6 Å². The number of carboxylic acid groups (broad SMARTS) is 1. The average molecular weight is 300 g/mol. The van der Waals surface area contributed by atoms with Crippen LogP contribution in [0, 0.1) is 0 Å². The van der Waals surface area contributed by atoms with Gasteiger partial charge in [-0.1, -0.05) is 28.1 Å². The van der Waals surface area contributed by atoms with Crippen LogP contribution in [0.3, 0.4) is 0 Å². The second-order valence-corrected chi connectivity index (χ2v) is 3.81. The number of allylic oxidation sites excluding steroid dienone is 1. The minimum absolute atomic E-state index is 0.433. The van der Waals surface area contributed by atoms with Gasteiger partial charge in [0.1, 0.15) is 18.1 Å². The van der Waals surface area contributed by atoms with Crippen LogP contribution in [0.1, 0.15) is 5.56 Å². The van der Waals surface area contributed by atoms with Crippen LogP contribution in [-0.2, 0) is 4.79 Å². The quantitative estimate of drug-likeness (QED) is 0.742. The summed E-state index contributed by atoms with van der Waals surface area (Å²) in [6.07, 6.45) is 3.79. The molecule has 0 amide bonds. The number of ether oxygens (including phenoxy) is 2. The summed E-state index contributed by atoms with van der Waals surface area (Å²) in [6.45, 7) is -0.477. The zero-order valence-corrected chi connectivity index (χ0v) is 10.9. The largest absolute Gasteiger partial charge is 0.546 e. The highest BCUT2D eigenvalue weighted by atomic mass is 79.9. The topological polar surface area (TPSA) is 58.6 Å². The van der Waals surface area contributed by atoms with Crippen molar-refractivity contribution in [1.82, 2.24) is 0 Å². The Balaban J connectivity index is 2.88. The van der Waals surface area contributed by atoms with E-state index in [2.05, 4.69) is 15.9 Å². The average Bonchev–Trinajstić information content (AvgIpc) is 2.33. The Morgan fingerprint density at radius 1 is 1.41 bits per heavy atom. The number of carboxylic acids is 1. The summed E-state index contributed by atoms with van der Waals surface area (Å²) in [5.41, 5.74) is 0.872. The molecule has 0 heterocycles. The first-order valence-electron chi connectivity index (χ1n) is 4.90. The predicted molar refractivity (Wildman–Crippen MR) is 66.3 cm³/mol. The van der Waals surface area contributed by atoms with Gasteiger partial charge in [-0.15, -0.1) is 0 Å². The van der Waals surface area contributed by atoms with Gasteiger partial charge in [-0.3, -0.25) is 0 Å². The molecule has 0 aliphatic heterocycles. The van der Waals surface area contributed by atoms with Crippen LogP contribution in [0.25, 0.3) is 6.08 Å². The first kappa shape index (κ1) is 13.6. The smallest absolute Gasteiger partial charge is 0.128 e. The van der Waals surface area contributed by atoms with Crippen molar-refractivity contribution in [2.45, 2.75) is 0 Å². The van der Waals surface area contributed by atoms with Crippen LogP contribution in [-0.4, -0.2) is 25.0 Å². The summed E-state index contributed by atoms with van der Waals surface area (Å²) in [4.78, 5) is 10.3. The summed E-state index contributed by atoms with van der Waals surface area (Å²) in [7, 11) is 1.54. The maximum Gasteiger partial charge on any atom is 0.128 e. The van der Waals surface area contributed by atoms with Crippen molar-refractivity contribution in [2.75, 3.05) is 19.0 Å². The molecule has 0 bridgehead atoms. The lowest BCUT2D eigenvalue weighted by Gasteiger charge is -2.09. The Hall–Kier alpha value is -1.49. The van der Waals surface area contributed by atoms with Gasteiger partial charge in [-0.25, -0.2) is 0 Å². The highest BCUT2D eigenvalue weighted by Crippen LogP contribution is 2.23. The zero-order valence-electron chi connectivity index (χ0n) is 9.31. The molecule has 5 heteroatoms. The van der Waals surface area contributed by atoms with Gasteiger partial charge < -0.3 is 19.4 Å². The molecular formula is C12H12BrO4-. The minimum Gasteiger partial charge on any atom is -0.546 e. The second kappa shape index (κ2) is 6.96. The van der Waals surface area contributed by atoms with Gasteiger partial charge in [0, 0.05) is 11.4 Å². The van der Waals surface area contributed by atoms with E-state index in [4.69, 9.17) is 9.47 Å². The number of aliphatic carboxylic acids is 1. The molecule has 17 heavy (non-hydrogen) atoms. The maximum absolute atomic E-state index is 10.3. The Kier molecular flexibility index (Phi) is 5.56. The summed E-state index contributed by atoms with van der Waals surface area (Å²) in [6, 6.07) is 5.17. The number of hydrogen-bond acceptors (Lipinski definition) is 4. The number of halogens is 1. The Bertz CT molecular complexity index is 415. The molecule has 0 N–H and O–H groups in total. The van der Waals surface area contributed by atoms with Gasteiger partial charge in [-0.05, 0) is 17.7 Å². The summed E-state index contributed by atoms with van der Waals surface area (Å²) >= 11 is 3.28. The van der Waals surface area contributed by atoms with Gasteiger partial charge >= 0.3 is 0 Å². The standard InChI is InChI=1S/C12H13BrO4/c1-16-10-5-9(3-2-4-13)6-11(7-10)17-8-12(14)15/h2-3,5-7H,4,8H2,1H3,(H,14,15)/p-1/b3-2+. The van der Waals surface area contributed by atoms with Gasteiger partial charge in [0.15, 0.2) is 0 Å². The molecule has 1 rings (SSSR count). The fourth-order valence-electron chi connectivity index (χ4n) is 1.21. The van der Waals surface area contributed by atoms with Gasteiger partial charge in [0.2, 0.25) is 0 Å². The molecule has 0 fully saturated rings. The molecular weight excluding hydrogens is 288 g/mol. The molecule has 1 aromatic rings. The number of carbonyl (C=O) groups is 1. The lowest BCUT2D eigenvalue weighted by atomic mass is 10.2. The summed E-state index contributed by atoms with van der Waals surface area (Å²) in [5, 5.41) is 11.0. The van der Waals surface area contributed by atoms with Crippen molar-refractivity contribution in [3.8, 4) is 11.5 Å². The third kappa shape index (κ3) is 4.91. The van der Waals surface area contributed by atoms with Crippen molar-refractivity contribution in [3.63, 3.8) is 0 Å². The molecule has 0 radical (unpaired) electrons. The van der Waals surface area contributed by atoms with Crippen LogP contribution in [0.5, 0.6) is 11.5 Å². The fourth-order valence-corrected chi connectivity index (χ4v) is 1.40. The van der Waals surface area contributed by atoms with Crippen molar-refractivity contribution >= 4 is 28.0 Å². The third-order valence-electron chi connectivity index (χ3n) is 1.89. The highest BCUT2D eigenvalue weighted by molar-refractivity contribution is 9.09. The molecule has 1 aromatic carbocycles. The zero-order chi connectivity index (χ0) is 12.7. The van der Waals surface area contributed by atoms with E-state index in [0.29, 0.717) is 11.5 Å². The molecule has 0 unspecified atom stereocenters. The van der Waals surface area contributed by atoms with Crippen LogP contribution in [0.4, 0.5) is 0 Å². The summed E-state index contributed by atoms with van der Waals surface area (Å²) in [5.74, 6) is -0.219. The van der Waals surface area contributed by atoms with E-state index in [1.54, 1.807) is 12.1 Å². The molecule has 4 nitrogen and oxygen atoms in total. The first-order chi connectivity index (χ1) is 8.15. The lowest BCUT2D eigenvalue weighted by Crippen LogP contribution is -2.28. The molecule has 0 spiro atoms. The van der Waals surface area contributed by atoms with Crippen LogP contribution >= 0.6 is 15.9 Å². The molecule has 0 aliphatic carbocycles. The normalized spacial score (nSPS) is 10.5. The third-order valence-corrected chi connectivity index (χ3v) is 2.27. The number of hydrogen-bond donors (Lipinski definition) is 0. The first-order valence-corrected chi connectivity index (χ1v) is 6.02. The molecule has 0 aromatic heterocycles. The van der Waals surface area contributed by atoms with E-state index in [1.807, 2.05) is 18.2 Å². The van der Waals surface area contributed by atoms with E-state index in [0.717, 1.165) is 10.9 Å². The lowest BCUT2D eigenvalue weighted by molar-refractivity contribution is -0.307. The minimum atomic E-state index is -1.26. The second-order valence-electron chi connectivity index (χ2n) is 3.16. The highest BCUT2D eigenvalue weighted by Gasteiger charge is 2.00. The van der Waals surface area contributed by atoms with Gasteiger partial charge in [0.05, 0.1) is 13.1 Å². The number of benzene rings is 1. The molecule has 92 valence electrons. The fraction of sp³-hybridized carbons (Fsp3) is 0.250. The van der Waals surface area contributed by atoms with E-state index >= 15 is 0 Å². The number of rotatable bonds is 6. The van der Waals surface area contributed by atoms with E-state index in [-0.39, 0.29) is 0 Å². The number of carbonyl (C=O) groups excluding carboxylic acids is 1. The van der Waals surface area contributed by atoms with Crippen LogP contribution in [0.2, 0.25) is 0 Å². The molecule has 0 saturated carbocycles.